The van der Waals surface area contributed by atoms with Gasteiger partial charge in [0.2, 0.25) is 0 Å². The Morgan fingerprint density at radius 2 is 1.00 bits per heavy atom. The van der Waals surface area contributed by atoms with E-state index >= 15 is 0 Å². The molecule has 0 aliphatic rings. The molecule has 25 heavy (non-hydrogen) atoms. The molecule has 0 aromatic carbocycles. The number of unbranched alkanes of at least 4 members (excludes halogenated alkanes) is 9. The zero-order valence-electron chi connectivity index (χ0n) is 18.5. The highest BCUT2D eigenvalue weighted by Crippen LogP contribution is 2.31. The van der Waals surface area contributed by atoms with Gasteiger partial charge in [0.25, 0.3) is 0 Å². The van der Waals surface area contributed by atoms with Gasteiger partial charge in [0.15, 0.2) is 8.32 Å². The molecule has 0 unspecified atom stereocenters. The van der Waals surface area contributed by atoms with E-state index in [4.69, 9.17) is 4.43 Å². The zero-order valence-corrected chi connectivity index (χ0v) is 19.5. The second kappa shape index (κ2) is 17.6. The minimum absolute atomic E-state index is 0.770. The van der Waals surface area contributed by atoms with Crippen LogP contribution in [0.4, 0.5) is 0 Å². The highest BCUT2D eigenvalue weighted by atomic mass is 28.4. The molecule has 152 valence electrons. The van der Waals surface area contributed by atoms with Gasteiger partial charge in [0.05, 0.1) is 0 Å². The van der Waals surface area contributed by atoms with Crippen LogP contribution in [0.1, 0.15) is 118 Å². The second-order valence-corrected chi connectivity index (χ2v) is 12.8. The average molecular weight is 371 g/mol. The number of rotatable bonds is 19. The minimum Gasteiger partial charge on any atom is -0.417 e. The predicted molar refractivity (Wildman–Crippen MR) is 118 cm³/mol. The lowest BCUT2D eigenvalue weighted by Crippen LogP contribution is -2.38. The predicted octanol–water partition coefficient (Wildman–Crippen LogP) is 8.74. The van der Waals surface area contributed by atoms with Crippen LogP contribution >= 0.6 is 0 Å². The van der Waals surface area contributed by atoms with Crippen LogP contribution in [0.3, 0.4) is 0 Å². The zero-order chi connectivity index (χ0) is 18.8. The molecular weight excluding hydrogens is 320 g/mol. The first-order valence-corrected chi connectivity index (χ1v) is 14.3. The van der Waals surface area contributed by atoms with E-state index in [-0.39, 0.29) is 0 Å². The first kappa shape index (κ1) is 25.2. The van der Waals surface area contributed by atoms with Gasteiger partial charge in [-0.2, -0.15) is 0 Å². The Morgan fingerprint density at radius 3 is 1.32 bits per heavy atom. The summed E-state index contributed by atoms with van der Waals surface area (Å²) in [6.07, 6.45) is 18.0. The molecule has 0 spiro atoms. The number of hydrogen-bond donors (Lipinski definition) is 0. The van der Waals surface area contributed by atoms with Crippen molar-refractivity contribution in [3.05, 3.63) is 0 Å². The summed E-state index contributed by atoms with van der Waals surface area (Å²) in [6.45, 7) is 12.6. The molecule has 0 bridgehead atoms. The molecule has 0 rings (SSSR count). The van der Waals surface area contributed by atoms with Gasteiger partial charge in [-0.15, -0.1) is 0 Å². The summed E-state index contributed by atoms with van der Waals surface area (Å²) in [7, 11) is -1.51. The summed E-state index contributed by atoms with van der Waals surface area (Å²) in [5.41, 5.74) is 0. The van der Waals surface area contributed by atoms with Crippen molar-refractivity contribution >= 4 is 8.32 Å². The molecule has 0 aliphatic heterocycles. The van der Waals surface area contributed by atoms with Crippen molar-refractivity contribution in [2.24, 2.45) is 5.92 Å². The van der Waals surface area contributed by atoms with E-state index in [1.54, 1.807) is 0 Å². The van der Waals surface area contributed by atoms with E-state index in [0.717, 1.165) is 12.5 Å². The topological polar surface area (TPSA) is 9.23 Å². The van der Waals surface area contributed by atoms with Gasteiger partial charge in [-0.25, -0.2) is 0 Å². The van der Waals surface area contributed by atoms with Crippen molar-refractivity contribution in [2.45, 2.75) is 136 Å². The van der Waals surface area contributed by atoms with Crippen molar-refractivity contribution in [2.75, 3.05) is 6.61 Å². The Balaban J connectivity index is 4.67. The lowest BCUT2D eigenvalue weighted by molar-refractivity contribution is 0.268. The molecular formula is C23H50OSi. The molecule has 0 saturated heterocycles. The van der Waals surface area contributed by atoms with Gasteiger partial charge in [0, 0.05) is 6.61 Å². The fourth-order valence-electron chi connectivity index (χ4n) is 3.72. The first-order valence-electron chi connectivity index (χ1n) is 11.7. The van der Waals surface area contributed by atoms with Crippen LogP contribution in [-0.2, 0) is 4.43 Å². The van der Waals surface area contributed by atoms with Crippen molar-refractivity contribution in [3.63, 3.8) is 0 Å². The maximum Gasteiger partial charge on any atom is 0.192 e. The molecule has 0 heterocycles. The quantitative estimate of drug-likeness (QED) is 0.163. The standard InChI is InChI=1S/C23H50OSi/c1-6-9-12-15-20-25(21-16-13-10-7-2,22-17-14-11-8-3)24-19-18-23(4)5/h23H,6-22H2,1-5H3. The Hall–Kier alpha value is 0.177. The maximum atomic E-state index is 6.82. The molecule has 0 fully saturated rings. The summed E-state index contributed by atoms with van der Waals surface area (Å²) in [6, 6.07) is 4.30. The van der Waals surface area contributed by atoms with Gasteiger partial charge in [0.1, 0.15) is 0 Å². The molecule has 0 aromatic heterocycles. The summed E-state index contributed by atoms with van der Waals surface area (Å²) in [5, 5.41) is 0. The van der Waals surface area contributed by atoms with Crippen LogP contribution in [0.15, 0.2) is 0 Å². The van der Waals surface area contributed by atoms with E-state index < -0.39 is 8.32 Å². The lowest BCUT2D eigenvalue weighted by Gasteiger charge is -2.32. The fourth-order valence-corrected chi connectivity index (χ4v) is 8.14. The van der Waals surface area contributed by atoms with E-state index in [1.165, 1.54) is 102 Å². The molecule has 0 radical (unpaired) electrons. The number of hydrogen-bond acceptors (Lipinski definition) is 1. The maximum absolute atomic E-state index is 6.82. The van der Waals surface area contributed by atoms with Gasteiger partial charge in [-0.3, -0.25) is 0 Å². The third kappa shape index (κ3) is 15.0. The lowest BCUT2D eigenvalue weighted by atomic mass is 10.2. The highest BCUT2D eigenvalue weighted by Gasteiger charge is 2.33. The van der Waals surface area contributed by atoms with Crippen molar-refractivity contribution < 1.29 is 4.43 Å². The van der Waals surface area contributed by atoms with E-state index in [0.29, 0.717) is 0 Å². The largest absolute Gasteiger partial charge is 0.417 e. The Labute approximate surface area is 161 Å². The third-order valence-corrected chi connectivity index (χ3v) is 10.2. The average Bonchev–Trinajstić information content (AvgIpc) is 2.59. The molecule has 2 heteroatoms. The monoisotopic (exact) mass is 370 g/mol. The summed E-state index contributed by atoms with van der Waals surface area (Å²) < 4.78 is 6.82. The van der Waals surface area contributed by atoms with Crippen molar-refractivity contribution in [1.29, 1.82) is 0 Å². The highest BCUT2D eigenvalue weighted by molar-refractivity contribution is 6.73. The van der Waals surface area contributed by atoms with Gasteiger partial charge in [-0.1, -0.05) is 112 Å². The van der Waals surface area contributed by atoms with Crippen LogP contribution in [0.25, 0.3) is 0 Å². The molecule has 0 saturated carbocycles. The minimum atomic E-state index is -1.51. The Kier molecular flexibility index (Phi) is 17.7. The van der Waals surface area contributed by atoms with E-state index in [2.05, 4.69) is 34.6 Å². The molecule has 0 amide bonds. The van der Waals surface area contributed by atoms with E-state index in [9.17, 15) is 0 Å². The van der Waals surface area contributed by atoms with Crippen LogP contribution in [0, 0.1) is 5.92 Å². The third-order valence-electron chi connectivity index (χ3n) is 5.56. The molecule has 0 aliphatic carbocycles. The SMILES string of the molecule is CCCCCC[Si](CCCCCC)(CCCCCC)OCCC(C)C. The molecule has 0 N–H and O–H groups in total. The van der Waals surface area contributed by atoms with Crippen LogP contribution in [0.5, 0.6) is 0 Å². The van der Waals surface area contributed by atoms with Crippen LogP contribution in [0.2, 0.25) is 18.1 Å². The summed E-state index contributed by atoms with van der Waals surface area (Å²) in [5.74, 6) is 0.770. The second-order valence-electron chi connectivity index (χ2n) is 8.65. The summed E-state index contributed by atoms with van der Waals surface area (Å²) >= 11 is 0. The smallest absolute Gasteiger partial charge is 0.192 e. The Morgan fingerprint density at radius 1 is 0.600 bits per heavy atom. The van der Waals surface area contributed by atoms with Crippen LogP contribution in [-0.4, -0.2) is 14.9 Å². The van der Waals surface area contributed by atoms with Gasteiger partial charge in [-0.05, 0) is 30.5 Å². The first-order chi connectivity index (χ1) is 12.1. The van der Waals surface area contributed by atoms with Gasteiger partial charge < -0.3 is 4.43 Å². The summed E-state index contributed by atoms with van der Waals surface area (Å²) in [4.78, 5) is 0. The van der Waals surface area contributed by atoms with Gasteiger partial charge >= 0.3 is 0 Å². The van der Waals surface area contributed by atoms with Crippen LogP contribution < -0.4 is 0 Å². The molecule has 1 nitrogen and oxygen atoms in total. The van der Waals surface area contributed by atoms with Crippen molar-refractivity contribution in [1.82, 2.24) is 0 Å². The molecule has 0 atom stereocenters. The normalized spacial score (nSPS) is 12.2. The molecule has 0 aromatic rings. The van der Waals surface area contributed by atoms with E-state index in [1.807, 2.05) is 0 Å². The Bertz CT molecular complexity index is 234. The fraction of sp³-hybridized carbons (Fsp3) is 1.00. The van der Waals surface area contributed by atoms with Crippen molar-refractivity contribution in [3.8, 4) is 0 Å².